The summed E-state index contributed by atoms with van der Waals surface area (Å²) < 4.78 is 0. The Morgan fingerprint density at radius 1 is 1.33 bits per heavy atom. The molecule has 0 amide bonds. The fourth-order valence-corrected chi connectivity index (χ4v) is 1.98. The predicted molar refractivity (Wildman–Crippen MR) is 55.6 cm³/mol. The highest BCUT2D eigenvalue weighted by molar-refractivity contribution is 7.98. The Morgan fingerprint density at radius 2 is 2.25 bits per heavy atom. The maximum atomic E-state index is 2.27. The lowest BCUT2D eigenvalue weighted by Gasteiger charge is -2.10. The third-order valence-electron chi connectivity index (χ3n) is 2.23. The number of allylic oxidation sites excluding steroid dienone is 1. The molecule has 0 saturated carbocycles. The van der Waals surface area contributed by atoms with Gasteiger partial charge in [0.15, 0.2) is 0 Å². The van der Waals surface area contributed by atoms with Crippen molar-refractivity contribution in [2.24, 2.45) is 0 Å². The van der Waals surface area contributed by atoms with Crippen molar-refractivity contribution in [1.29, 1.82) is 0 Å². The maximum Gasteiger partial charge on any atom is 0.00752 e. The third-order valence-corrected chi connectivity index (χ3v) is 2.96. The Bertz CT molecular complexity index is 313. The first-order valence-electron chi connectivity index (χ1n) is 4.23. The van der Waals surface area contributed by atoms with Gasteiger partial charge in [-0.25, -0.2) is 0 Å². The minimum absolute atomic E-state index is 1.20. The van der Waals surface area contributed by atoms with Crippen LogP contribution in [0, 0.1) is 0 Å². The molecule has 1 aromatic rings. The van der Waals surface area contributed by atoms with Crippen LogP contribution in [-0.2, 0) is 6.42 Å². The lowest BCUT2D eigenvalue weighted by molar-refractivity contribution is 0.981. The van der Waals surface area contributed by atoms with Crippen LogP contribution in [0.15, 0.2) is 29.2 Å². The molecule has 1 aliphatic rings. The molecular formula is C11H12S. The van der Waals surface area contributed by atoms with Crippen LogP contribution in [0.2, 0.25) is 0 Å². The number of hydrogen-bond acceptors (Lipinski definition) is 1. The van der Waals surface area contributed by atoms with Gasteiger partial charge in [-0.2, -0.15) is 0 Å². The second kappa shape index (κ2) is 3.36. The minimum Gasteiger partial charge on any atom is -0.130 e. The first kappa shape index (κ1) is 7.93. The van der Waals surface area contributed by atoms with Gasteiger partial charge in [0, 0.05) is 4.90 Å². The molecule has 0 atom stereocenters. The molecule has 0 heterocycles. The number of thioether (sulfide) groups is 1. The van der Waals surface area contributed by atoms with E-state index in [1.165, 1.54) is 28.9 Å². The van der Waals surface area contributed by atoms with Gasteiger partial charge in [0.25, 0.3) is 0 Å². The maximum absolute atomic E-state index is 2.27. The van der Waals surface area contributed by atoms with Crippen LogP contribution >= 0.6 is 11.8 Å². The van der Waals surface area contributed by atoms with Gasteiger partial charge in [0.05, 0.1) is 0 Å². The van der Waals surface area contributed by atoms with Crippen LogP contribution in [-0.4, -0.2) is 6.26 Å². The van der Waals surface area contributed by atoms with Crippen LogP contribution < -0.4 is 0 Å². The van der Waals surface area contributed by atoms with E-state index < -0.39 is 0 Å². The van der Waals surface area contributed by atoms with Gasteiger partial charge in [-0.1, -0.05) is 18.2 Å². The molecule has 1 aliphatic carbocycles. The summed E-state index contributed by atoms with van der Waals surface area (Å²) in [5.41, 5.74) is 2.91. The number of fused-ring (bicyclic) bond motifs is 1. The van der Waals surface area contributed by atoms with Gasteiger partial charge in [-0.3, -0.25) is 0 Å². The van der Waals surface area contributed by atoms with E-state index in [-0.39, 0.29) is 0 Å². The van der Waals surface area contributed by atoms with Gasteiger partial charge in [-0.15, -0.1) is 11.8 Å². The monoisotopic (exact) mass is 176 g/mol. The van der Waals surface area contributed by atoms with E-state index in [1.54, 1.807) is 0 Å². The van der Waals surface area contributed by atoms with Gasteiger partial charge in [0.1, 0.15) is 0 Å². The van der Waals surface area contributed by atoms with Crippen LogP contribution in [0.4, 0.5) is 0 Å². The van der Waals surface area contributed by atoms with E-state index in [2.05, 4.69) is 36.6 Å². The molecule has 0 spiro atoms. The summed E-state index contributed by atoms with van der Waals surface area (Å²) in [4.78, 5) is 1.36. The van der Waals surface area contributed by atoms with E-state index in [0.717, 1.165) is 0 Å². The van der Waals surface area contributed by atoms with Crippen molar-refractivity contribution in [3.63, 3.8) is 0 Å². The summed E-state index contributed by atoms with van der Waals surface area (Å²) in [7, 11) is 0. The first-order chi connectivity index (χ1) is 5.90. The van der Waals surface area contributed by atoms with E-state index in [0.29, 0.717) is 0 Å². The highest BCUT2D eigenvalue weighted by Gasteiger charge is 2.03. The van der Waals surface area contributed by atoms with Crippen molar-refractivity contribution in [2.75, 3.05) is 6.26 Å². The molecule has 0 N–H and O–H groups in total. The van der Waals surface area contributed by atoms with E-state index in [1.807, 2.05) is 11.8 Å². The molecule has 0 bridgehead atoms. The molecule has 0 unspecified atom stereocenters. The Labute approximate surface area is 77.7 Å². The largest absolute Gasteiger partial charge is 0.130 e. The standard InChI is InChI=1S/C11H12S/c1-12-11-7-6-9-4-2-3-5-10(9)8-11/h3,5-8H,2,4H2,1H3. The van der Waals surface area contributed by atoms with Crippen LogP contribution in [0.5, 0.6) is 0 Å². The van der Waals surface area contributed by atoms with Crippen LogP contribution in [0.25, 0.3) is 6.08 Å². The smallest absolute Gasteiger partial charge is 0.00752 e. The summed E-state index contributed by atoms with van der Waals surface area (Å²) in [5.74, 6) is 0. The van der Waals surface area contributed by atoms with Gasteiger partial charge < -0.3 is 0 Å². The summed E-state index contributed by atoms with van der Waals surface area (Å²) in [6, 6.07) is 6.74. The molecule has 2 rings (SSSR count). The zero-order chi connectivity index (χ0) is 8.39. The van der Waals surface area contributed by atoms with Crippen molar-refractivity contribution >= 4 is 17.8 Å². The highest BCUT2D eigenvalue weighted by Crippen LogP contribution is 2.24. The molecule has 0 fully saturated rings. The Morgan fingerprint density at radius 3 is 3.08 bits per heavy atom. The van der Waals surface area contributed by atoms with E-state index in [9.17, 15) is 0 Å². The lowest BCUT2D eigenvalue weighted by Crippen LogP contribution is -1.93. The second-order valence-electron chi connectivity index (χ2n) is 3.01. The van der Waals surface area contributed by atoms with Gasteiger partial charge in [0.2, 0.25) is 0 Å². The number of aryl methyl sites for hydroxylation is 1. The quantitative estimate of drug-likeness (QED) is 0.591. The number of benzene rings is 1. The summed E-state index contributed by atoms with van der Waals surface area (Å²) in [5, 5.41) is 0. The normalized spacial score (nSPS) is 14.4. The summed E-state index contributed by atoms with van der Waals surface area (Å²) in [6.07, 6.45) is 9.02. The van der Waals surface area contributed by atoms with Crippen molar-refractivity contribution in [3.8, 4) is 0 Å². The SMILES string of the molecule is CSc1ccc2c(c1)C=CCC2. The van der Waals surface area contributed by atoms with Crippen molar-refractivity contribution in [1.82, 2.24) is 0 Å². The second-order valence-corrected chi connectivity index (χ2v) is 3.89. The van der Waals surface area contributed by atoms with E-state index >= 15 is 0 Å². The summed E-state index contributed by atoms with van der Waals surface area (Å²) in [6.45, 7) is 0. The average molecular weight is 176 g/mol. The van der Waals surface area contributed by atoms with Crippen LogP contribution in [0.3, 0.4) is 0 Å². The molecule has 12 heavy (non-hydrogen) atoms. The topological polar surface area (TPSA) is 0 Å². The zero-order valence-corrected chi connectivity index (χ0v) is 8.03. The van der Waals surface area contributed by atoms with Crippen molar-refractivity contribution in [2.45, 2.75) is 17.7 Å². The van der Waals surface area contributed by atoms with Gasteiger partial charge >= 0.3 is 0 Å². The van der Waals surface area contributed by atoms with E-state index in [4.69, 9.17) is 0 Å². The predicted octanol–water partition coefficient (Wildman–Crippen LogP) is 3.37. The molecule has 0 saturated heterocycles. The first-order valence-corrected chi connectivity index (χ1v) is 5.46. The molecule has 0 aromatic heterocycles. The van der Waals surface area contributed by atoms with Crippen LogP contribution in [0.1, 0.15) is 17.5 Å². The lowest BCUT2D eigenvalue weighted by atomic mass is 9.98. The number of rotatable bonds is 1. The average Bonchev–Trinajstić information content (AvgIpc) is 2.17. The summed E-state index contributed by atoms with van der Waals surface area (Å²) >= 11 is 1.81. The molecule has 1 heteroatoms. The Hall–Kier alpha value is -0.690. The number of hydrogen-bond donors (Lipinski definition) is 0. The Kier molecular flexibility index (Phi) is 2.22. The third kappa shape index (κ3) is 1.42. The highest BCUT2D eigenvalue weighted by atomic mass is 32.2. The van der Waals surface area contributed by atoms with Gasteiger partial charge in [-0.05, 0) is 42.4 Å². The molecule has 0 radical (unpaired) electrons. The molecular weight excluding hydrogens is 164 g/mol. The molecule has 1 aromatic carbocycles. The molecule has 62 valence electrons. The minimum atomic E-state index is 1.20. The van der Waals surface area contributed by atoms with Crippen molar-refractivity contribution < 1.29 is 0 Å². The fourth-order valence-electron chi connectivity index (χ4n) is 1.53. The molecule has 0 aliphatic heterocycles. The molecule has 0 nitrogen and oxygen atoms in total. The Balaban J connectivity index is 2.44. The van der Waals surface area contributed by atoms with Crippen molar-refractivity contribution in [3.05, 3.63) is 35.4 Å². The zero-order valence-electron chi connectivity index (χ0n) is 7.21. The fraction of sp³-hybridized carbons (Fsp3) is 0.273.